The van der Waals surface area contributed by atoms with Crippen LogP contribution in [0, 0.1) is 0 Å². The Balaban J connectivity index is 1.78. The number of anilines is 5. The minimum Gasteiger partial charge on any atom is -0.397 e. The molecule has 0 saturated heterocycles. The van der Waals surface area contributed by atoms with Crippen molar-refractivity contribution in [1.29, 1.82) is 0 Å². The van der Waals surface area contributed by atoms with Gasteiger partial charge in [-0.05, 0) is 59.7 Å². The van der Waals surface area contributed by atoms with E-state index in [2.05, 4.69) is 10.6 Å². The van der Waals surface area contributed by atoms with E-state index in [1.165, 1.54) is 12.1 Å². The van der Waals surface area contributed by atoms with Crippen LogP contribution in [0.25, 0.3) is 0 Å². The van der Waals surface area contributed by atoms with E-state index < -0.39 is 28.9 Å². The maximum Gasteiger partial charge on any atom is 0.411 e. The molecule has 0 spiro atoms. The van der Waals surface area contributed by atoms with Gasteiger partial charge in [0.25, 0.3) is 0 Å². The molecule has 0 unspecified atom stereocenters. The molecule has 0 atom stereocenters. The largest absolute Gasteiger partial charge is 0.411 e. The summed E-state index contributed by atoms with van der Waals surface area (Å²) in [6.07, 6.45) is -11.4. The Morgan fingerprint density at radius 3 is 1.42 bits per heavy atom. The monoisotopic (exact) mass is 501 g/mol. The summed E-state index contributed by atoms with van der Waals surface area (Å²) in [6, 6.07) is 24.0. The number of benzene rings is 4. The van der Waals surface area contributed by atoms with Crippen molar-refractivity contribution in [2.45, 2.75) is 17.8 Å². The number of para-hydroxylation sites is 2. The van der Waals surface area contributed by atoms with Gasteiger partial charge in [0.05, 0.1) is 11.4 Å². The van der Waals surface area contributed by atoms with E-state index in [-0.39, 0.29) is 11.4 Å². The number of halogens is 6. The molecule has 4 rings (SSSR count). The van der Waals surface area contributed by atoms with Crippen LogP contribution >= 0.6 is 0 Å². The Hall–Kier alpha value is -4.14. The molecule has 9 heteroatoms. The summed E-state index contributed by atoms with van der Waals surface area (Å²) in [7, 11) is 0. The third kappa shape index (κ3) is 4.68. The Bertz CT molecular complexity index is 1290. The number of hydrogen-bond donors (Lipinski definition) is 3. The van der Waals surface area contributed by atoms with E-state index in [4.69, 9.17) is 5.73 Å². The maximum atomic E-state index is 14.5. The summed E-state index contributed by atoms with van der Waals surface area (Å²) in [5.41, 5.74) is 1.14. The molecule has 4 N–H and O–H groups in total. The van der Waals surface area contributed by atoms with Crippen molar-refractivity contribution >= 4 is 28.4 Å². The zero-order chi connectivity index (χ0) is 26.0. The molecule has 0 bridgehead atoms. The van der Waals surface area contributed by atoms with E-state index >= 15 is 0 Å². The Morgan fingerprint density at radius 1 is 0.500 bits per heavy atom. The second-order valence-corrected chi connectivity index (χ2v) is 8.11. The van der Waals surface area contributed by atoms with Gasteiger partial charge in [0, 0.05) is 17.1 Å². The molecular formula is C27H21F6N3. The average Bonchev–Trinajstić information content (AvgIpc) is 2.82. The highest BCUT2D eigenvalue weighted by Crippen LogP contribution is 2.56. The van der Waals surface area contributed by atoms with Crippen LogP contribution in [-0.4, -0.2) is 12.4 Å². The summed E-state index contributed by atoms with van der Waals surface area (Å²) in [5.74, 6) is 0. The van der Waals surface area contributed by atoms with E-state index in [0.717, 1.165) is 30.3 Å². The first kappa shape index (κ1) is 25.0. The number of nitrogens with two attached hydrogens (primary N) is 1. The predicted molar refractivity (Wildman–Crippen MR) is 130 cm³/mol. The van der Waals surface area contributed by atoms with Crippen LogP contribution in [0.15, 0.2) is 103 Å². The summed E-state index contributed by atoms with van der Waals surface area (Å²) in [6.45, 7) is 0. The summed E-state index contributed by atoms with van der Waals surface area (Å²) in [4.78, 5) is 0. The van der Waals surface area contributed by atoms with E-state index in [1.54, 1.807) is 60.7 Å². The molecule has 0 aliphatic rings. The van der Waals surface area contributed by atoms with E-state index in [1.807, 2.05) is 0 Å². The highest BCUT2D eigenvalue weighted by atomic mass is 19.4. The summed E-state index contributed by atoms with van der Waals surface area (Å²) >= 11 is 0. The van der Waals surface area contributed by atoms with Crippen LogP contribution < -0.4 is 16.4 Å². The number of alkyl halides is 6. The normalized spacial score (nSPS) is 12.3. The summed E-state index contributed by atoms with van der Waals surface area (Å²) < 4.78 is 86.9. The fraction of sp³-hybridized carbons (Fsp3) is 0.111. The number of rotatable bonds is 6. The van der Waals surface area contributed by atoms with Crippen molar-refractivity contribution in [1.82, 2.24) is 0 Å². The molecule has 0 aromatic heterocycles. The molecule has 0 aliphatic heterocycles. The van der Waals surface area contributed by atoms with Gasteiger partial charge in [-0.1, -0.05) is 54.6 Å². The van der Waals surface area contributed by atoms with Gasteiger partial charge in [-0.25, -0.2) is 0 Å². The van der Waals surface area contributed by atoms with Crippen molar-refractivity contribution in [2.75, 3.05) is 16.4 Å². The highest BCUT2D eigenvalue weighted by molar-refractivity contribution is 5.74. The Labute approximate surface area is 203 Å². The number of nitrogens with one attached hydrogen (secondary N) is 2. The van der Waals surface area contributed by atoms with Crippen molar-refractivity contribution < 1.29 is 26.3 Å². The quantitative estimate of drug-likeness (QED) is 0.185. The van der Waals surface area contributed by atoms with Crippen LogP contribution in [0.3, 0.4) is 0 Å². The van der Waals surface area contributed by atoms with E-state index in [0.29, 0.717) is 17.1 Å². The van der Waals surface area contributed by atoms with Crippen LogP contribution in [0.5, 0.6) is 0 Å². The molecule has 4 aromatic carbocycles. The van der Waals surface area contributed by atoms with Gasteiger partial charge < -0.3 is 16.4 Å². The lowest BCUT2D eigenvalue weighted by Crippen LogP contribution is -2.54. The van der Waals surface area contributed by atoms with E-state index in [9.17, 15) is 26.3 Å². The standard InChI is InChI=1S/C27H21F6N3/c28-26(29,30)25(27(31,32)33,18-11-14-22(15-12-18)35-20-7-3-1-4-8-20)19-13-16-24(23(34)17-19)36-21-9-5-2-6-10-21/h1-17,35-36H,34H2. The van der Waals surface area contributed by atoms with Gasteiger partial charge in [0.15, 0.2) is 0 Å². The van der Waals surface area contributed by atoms with Crippen molar-refractivity contribution in [3.05, 3.63) is 114 Å². The lowest BCUT2D eigenvalue weighted by molar-refractivity contribution is -0.288. The first-order valence-electron chi connectivity index (χ1n) is 10.8. The van der Waals surface area contributed by atoms with Gasteiger partial charge in [0.2, 0.25) is 5.41 Å². The number of nitrogen functional groups attached to an aromatic ring is 1. The topological polar surface area (TPSA) is 50.1 Å². The highest BCUT2D eigenvalue weighted by Gasteiger charge is 2.72. The molecule has 0 heterocycles. The summed E-state index contributed by atoms with van der Waals surface area (Å²) in [5, 5.41) is 5.85. The second kappa shape index (κ2) is 9.49. The van der Waals surface area contributed by atoms with Gasteiger partial charge in [0.1, 0.15) is 0 Å². The fourth-order valence-electron chi connectivity index (χ4n) is 4.06. The molecule has 4 aromatic rings. The minimum atomic E-state index is -5.71. The maximum absolute atomic E-state index is 14.5. The zero-order valence-electron chi connectivity index (χ0n) is 18.7. The Morgan fingerprint density at radius 2 is 0.944 bits per heavy atom. The fourth-order valence-corrected chi connectivity index (χ4v) is 4.06. The van der Waals surface area contributed by atoms with Crippen LogP contribution in [-0.2, 0) is 5.41 Å². The Kier molecular flexibility index (Phi) is 6.58. The molecule has 0 radical (unpaired) electrons. The third-order valence-corrected chi connectivity index (χ3v) is 5.77. The molecule has 186 valence electrons. The van der Waals surface area contributed by atoms with Gasteiger partial charge >= 0.3 is 12.4 Å². The van der Waals surface area contributed by atoms with Crippen molar-refractivity contribution in [3.8, 4) is 0 Å². The minimum absolute atomic E-state index is 0.186. The van der Waals surface area contributed by atoms with Crippen molar-refractivity contribution in [2.24, 2.45) is 0 Å². The van der Waals surface area contributed by atoms with Gasteiger partial charge in [-0.15, -0.1) is 0 Å². The lowest BCUT2D eigenvalue weighted by atomic mass is 9.72. The number of hydrogen-bond acceptors (Lipinski definition) is 3. The molecule has 0 saturated carbocycles. The van der Waals surface area contributed by atoms with Gasteiger partial charge in [-0.3, -0.25) is 0 Å². The first-order valence-corrected chi connectivity index (χ1v) is 10.8. The SMILES string of the molecule is Nc1cc(C(c2ccc(Nc3ccccc3)cc2)(C(F)(F)F)C(F)(F)F)ccc1Nc1ccccc1. The average molecular weight is 501 g/mol. The van der Waals surface area contributed by atoms with Crippen LogP contribution in [0.4, 0.5) is 54.8 Å². The zero-order valence-corrected chi connectivity index (χ0v) is 18.7. The van der Waals surface area contributed by atoms with Gasteiger partial charge in [-0.2, -0.15) is 26.3 Å². The molecular weight excluding hydrogens is 480 g/mol. The predicted octanol–water partition coefficient (Wildman–Crippen LogP) is 8.17. The third-order valence-electron chi connectivity index (χ3n) is 5.77. The lowest BCUT2D eigenvalue weighted by Gasteiger charge is -2.38. The van der Waals surface area contributed by atoms with Crippen molar-refractivity contribution in [3.63, 3.8) is 0 Å². The first-order chi connectivity index (χ1) is 17.0. The molecule has 3 nitrogen and oxygen atoms in total. The van der Waals surface area contributed by atoms with Crippen LogP contribution in [0.2, 0.25) is 0 Å². The second-order valence-electron chi connectivity index (χ2n) is 8.11. The smallest absolute Gasteiger partial charge is 0.397 e. The molecule has 0 aliphatic carbocycles. The molecule has 0 amide bonds. The molecule has 36 heavy (non-hydrogen) atoms. The van der Waals surface area contributed by atoms with Crippen LogP contribution in [0.1, 0.15) is 11.1 Å². The molecule has 0 fully saturated rings.